The highest BCUT2D eigenvalue weighted by atomic mass is 79.9. The molecule has 7 heteroatoms. The van der Waals surface area contributed by atoms with Crippen molar-refractivity contribution in [1.29, 1.82) is 0 Å². The molecule has 0 radical (unpaired) electrons. The van der Waals surface area contributed by atoms with Crippen LogP contribution in [-0.4, -0.2) is 25.1 Å². The molecular weight excluding hydrogens is 442 g/mol. The molecule has 0 saturated carbocycles. The Hall–Kier alpha value is -1.86. The minimum Gasteiger partial charge on any atom is -0.491 e. The molecule has 28 heavy (non-hydrogen) atoms. The maximum atomic E-state index is 13.0. The molecule has 0 unspecified atom stereocenters. The Morgan fingerprint density at radius 1 is 1.04 bits per heavy atom. The van der Waals surface area contributed by atoms with Gasteiger partial charge in [-0.3, -0.25) is 14.5 Å². The molecule has 2 aromatic rings. The van der Waals surface area contributed by atoms with Gasteiger partial charge < -0.3 is 9.47 Å². The zero-order valence-electron chi connectivity index (χ0n) is 16.4. The number of ether oxygens (including phenoxy) is 2. The van der Waals surface area contributed by atoms with Crippen LogP contribution in [0.5, 0.6) is 5.75 Å². The Labute approximate surface area is 178 Å². The average Bonchev–Trinajstić information content (AvgIpc) is 3.08. The second kappa shape index (κ2) is 11.2. The van der Waals surface area contributed by atoms with Crippen molar-refractivity contribution in [2.24, 2.45) is 0 Å². The zero-order chi connectivity index (χ0) is 20.5. The molecule has 0 atom stereocenters. The number of carbonyl (C=O) groups excluding carboxylic acids is 2. The maximum Gasteiger partial charge on any atom is 0.305 e. The summed E-state index contributed by atoms with van der Waals surface area (Å²) in [6.45, 7) is 3.96. The van der Waals surface area contributed by atoms with Gasteiger partial charge in [0.1, 0.15) is 10.8 Å². The first kappa shape index (κ1) is 22.4. The third-order valence-corrected chi connectivity index (χ3v) is 5.60. The highest BCUT2D eigenvalue weighted by Crippen LogP contribution is 2.36. The van der Waals surface area contributed by atoms with Crippen molar-refractivity contribution in [3.05, 3.63) is 40.2 Å². The van der Waals surface area contributed by atoms with Crippen molar-refractivity contribution < 1.29 is 19.1 Å². The summed E-state index contributed by atoms with van der Waals surface area (Å²) in [5.41, 5.74) is 0.810. The van der Waals surface area contributed by atoms with Crippen molar-refractivity contribution in [3.8, 4) is 5.75 Å². The highest BCUT2D eigenvalue weighted by Gasteiger charge is 2.19. The number of amides is 1. The number of rotatable bonds is 10. The van der Waals surface area contributed by atoms with Crippen molar-refractivity contribution in [3.63, 3.8) is 0 Å². The molecule has 0 saturated heterocycles. The Morgan fingerprint density at radius 3 is 2.29 bits per heavy atom. The number of methoxy groups -OCH3 is 1. The van der Waals surface area contributed by atoms with E-state index in [0.717, 1.165) is 39.5 Å². The van der Waals surface area contributed by atoms with E-state index in [2.05, 4.69) is 20.7 Å². The summed E-state index contributed by atoms with van der Waals surface area (Å²) in [4.78, 5) is 25.9. The van der Waals surface area contributed by atoms with E-state index in [1.807, 2.05) is 50.2 Å². The third kappa shape index (κ3) is 6.95. The number of unbranched alkanes of at least 4 members (excludes halogenated alkanes) is 2. The van der Waals surface area contributed by atoms with Crippen LogP contribution < -0.4 is 9.64 Å². The predicted molar refractivity (Wildman–Crippen MR) is 116 cm³/mol. The summed E-state index contributed by atoms with van der Waals surface area (Å²) in [6, 6.07) is 11.4. The Balaban J connectivity index is 2.05. The molecule has 0 fully saturated rings. The molecular formula is C21H26BrNO4S. The van der Waals surface area contributed by atoms with Gasteiger partial charge in [-0.25, -0.2) is 0 Å². The minimum atomic E-state index is -0.208. The lowest BCUT2D eigenvalue weighted by Gasteiger charge is -2.22. The quantitative estimate of drug-likeness (QED) is 0.313. The van der Waals surface area contributed by atoms with E-state index in [0.29, 0.717) is 12.8 Å². The largest absolute Gasteiger partial charge is 0.491 e. The van der Waals surface area contributed by atoms with Crippen LogP contribution in [0.25, 0.3) is 0 Å². The number of carbonyl (C=O) groups is 2. The summed E-state index contributed by atoms with van der Waals surface area (Å²) in [7, 11) is 1.39. The van der Waals surface area contributed by atoms with Gasteiger partial charge in [0, 0.05) is 18.5 Å². The van der Waals surface area contributed by atoms with Gasteiger partial charge in [0.25, 0.3) is 0 Å². The monoisotopic (exact) mass is 467 g/mol. The Kier molecular flexibility index (Phi) is 8.99. The smallest absolute Gasteiger partial charge is 0.305 e. The molecule has 1 heterocycles. The van der Waals surface area contributed by atoms with Crippen LogP contribution in [0.1, 0.15) is 46.0 Å². The number of esters is 1. The molecule has 0 N–H and O–H groups in total. The minimum absolute atomic E-state index is 0.0324. The van der Waals surface area contributed by atoms with Crippen LogP contribution in [0.4, 0.5) is 10.7 Å². The first-order valence-electron chi connectivity index (χ1n) is 9.32. The fourth-order valence-electron chi connectivity index (χ4n) is 2.70. The lowest BCUT2D eigenvalue weighted by atomic mass is 10.1. The number of halogens is 1. The number of benzene rings is 1. The molecule has 0 aliphatic heterocycles. The van der Waals surface area contributed by atoms with Crippen molar-refractivity contribution in [2.75, 3.05) is 12.0 Å². The molecule has 2 rings (SSSR count). The van der Waals surface area contributed by atoms with Gasteiger partial charge >= 0.3 is 5.97 Å². The fourth-order valence-corrected chi connectivity index (χ4v) is 4.10. The second-order valence-electron chi connectivity index (χ2n) is 6.60. The predicted octanol–water partition coefficient (Wildman–Crippen LogP) is 6.09. The van der Waals surface area contributed by atoms with Crippen LogP contribution >= 0.6 is 27.3 Å². The number of anilines is 2. The average molecular weight is 468 g/mol. The standard InChI is InChI=1S/C21H26BrNO4S/c1-15(2)27-17-11-9-16(10-12-17)23(20-14-13-18(22)28-20)19(24)7-5-4-6-8-21(25)26-3/h9-15H,4-8H2,1-3H3. The van der Waals surface area contributed by atoms with Crippen LogP contribution in [-0.2, 0) is 14.3 Å². The normalized spacial score (nSPS) is 10.8. The van der Waals surface area contributed by atoms with Crippen LogP contribution in [0.15, 0.2) is 40.2 Å². The number of thiophene rings is 1. The fraction of sp³-hybridized carbons (Fsp3) is 0.429. The highest BCUT2D eigenvalue weighted by molar-refractivity contribution is 9.11. The van der Waals surface area contributed by atoms with E-state index in [9.17, 15) is 9.59 Å². The molecule has 0 aliphatic rings. The molecule has 1 aromatic carbocycles. The first-order valence-corrected chi connectivity index (χ1v) is 10.9. The Morgan fingerprint density at radius 2 is 1.71 bits per heavy atom. The van der Waals surface area contributed by atoms with Gasteiger partial charge in [-0.15, -0.1) is 11.3 Å². The van der Waals surface area contributed by atoms with Gasteiger partial charge in [-0.05, 0) is 79.0 Å². The van der Waals surface area contributed by atoms with Gasteiger partial charge in [-0.2, -0.15) is 0 Å². The van der Waals surface area contributed by atoms with Gasteiger partial charge in [-0.1, -0.05) is 6.42 Å². The van der Waals surface area contributed by atoms with Crippen LogP contribution in [0.2, 0.25) is 0 Å². The molecule has 0 aliphatic carbocycles. The zero-order valence-corrected chi connectivity index (χ0v) is 18.8. The second-order valence-corrected chi connectivity index (χ2v) is 9.05. The maximum absolute atomic E-state index is 13.0. The van der Waals surface area contributed by atoms with Gasteiger partial charge in [0.05, 0.1) is 17.0 Å². The van der Waals surface area contributed by atoms with Crippen molar-refractivity contribution in [1.82, 2.24) is 0 Å². The number of hydrogen-bond donors (Lipinski definition) is 0. The van der Waals surface area contributed by atoms with E-state index >= 15 is 0 Å². The number of nitrogens with zero attached hydrogens (tertiary/aromatic N) is 1. The molecule has 0 spiro atoms. The molecule has 0 bridgehead atoms. The summed E-state index contributed by atoms with van der Waals surface area (Å²) >= 11 is 4.98. The molecule has 1 aromatic heterocycles. The first-order chi connectivity index (χ1) is 13.4. The van der Waals surface area contributed by atoms with Gasteiger partial charge in [0.15, 0.2) is 0 Å². The van der Waals surface area contributed by atoms with Gasteiger partial charge in [0.2, 0.25) is 5.91 Å². The topological polar surface area (TPSA) is 55.8 Å². The van der Waals surface area contributed by atoms with E-state index in [1.54, 1.807) is 4.90 Å². The molecule has 1 amide bonds. The lowest BCUT2D eigenvalue weighted by molar-refractivity contribution is -0.140. The molecule has 152 valence electrons. The summed E-state index contributed by atoms with van der Waals surface area (Å²) in [5, 5.41) is 0.865. The summed E-state index contributed by atoms with van der Waals surface area (Å²) in [5.74, 6) is 0.603. The molecule has 5 nitrogen and oxygen atoms in total. The summed E-state index contributed by atoms with van der Waals surface area (Å²) < 4.78 is 11.3. The van der Waals surface area contributed by atoms with E-state index < -0.39 is 0 Å². The van der Waals surface area contributed by atoms with Crippen LogP contribution in [0, 0.1) is 0 Å². The Bertz CT molecular complexity index is 773. The third-order valence-electron chi connectivity index (χ3n) is 3.99. The SMILES string of the molecule is COC(=O)CCCCCC(=O)N(c1ccc(OC(C)C)cc1)c1ccc(Br)s1. The summed E-state index contributed by atoms with van der Waals surface area (Å²) in [6.07, 6.45) is 3.18. The van der Waals surface area contributed by atoms with E-state index in [4.69, 9.17) is 4.74 Å². The van der Waals surface area contributed by atoms with Crippen LogP contribution in [0.3, 0.4) is 0 Å². The van der Waals surface area contributed by atoms with Crippen molar-refractivity contribution >= 4 is 49.8 Å². The van der Waals surface area contributed by atoms with Crippen molar-refractivity contribution in [2.45, 2.75) is 52.1 Å². The van der Waals surface area contributed by atoms with E-state index in [1.165, 1.54) is 18.4 Å². The number of hydrogen-bond acceptors (Lipinski definition) is 5. The van der Waals surface area contributed by atoms with E-state index in [-0.39, 0.29) is 18.0 Å². The lowest BCUT2D eigenvalue weighted by Crippen LogP contribution is -2.24.